The van der Waals surface area contributed by atoms with Crippen molar-refractivity contribution < 1.29 is 23.5 Å². The van der Waals surface area contributed by atoms with E-state index in [-0.39, 0.29) is 18.1 Å². The average Bonchev–Trinajstić information content (AvgIpc) is 3.26. The van der Waals surface area contributed by atoms with Crippen LogP contribution in [0.5, 0.6) is 5.75 Å². The molecule has 0 bridgehead atoms. The normalized spacial score (nSPS) is 10.2. The second kappa shape index (κ2) is 10.7. The fourth-order valence-electron chi connectivity index (χ4n) is 3.31. The number of ether oxygens (including phenoxy) is 2. The quantitative estimate of drug-likeness (QED) is 0.376. The summed E-state index contributed by atoms with van der Waals surface area (Å²) in [6.45, 7) is -0.887. The van der Waals surface area contributed by atoms with Gasteiger partial charge in [0.1, 0.15) is 23.1 Å². The second-order valence-electron chi connectivity index (χ2n) is 7.16. The van der Waals surface area contributed by atoms with Crippen LogP contribution in [0.3, 0.4) is 0 Å². The first-order chi connectivity index (χ1) is 16.7. The smallest absolute Gasteiger partial charge is 0.344 e. The van der Waals surface area contributed by atoms with Crippen LogP contribution in [0.2, 0.25) is 0 Å². The van der Waals surface area contributed by atoms with Crippen LogP contribution in [0.15, 0.2) is 95.4 Å². The fraction of sp³-hybridized carbons (Fsp3) is 0.0741. The van der Waals surface area contributed by atoms with Crippen LogP contribution in [-0.4, -0.2) is 25.1 Å². The van der Waals surface area contributed by atoms with Crippen molar-refractivity contribution in [1.29, 1.82) is 5.26 Å². The van der Waals surface area contributed by atoms with Gasteiger partial charge in [-0.3, -0.25) is 10.1 Å². The van der Waals surface area contributed by atoms with Crippen molar-refractivity contribution in [2.75, 3.05) is 18.5 Å². The zero-order valence-electron chi connectivity index (χ0n) is 18.1. The largest absolute Gasteiger partial charge is 0.482 e. The fourth-order valence-corrected chi connectivity index (χ4v) is 3.31. The number of carbonyl (C=O) groups excluding carboxylic acids is 2. The Morgan fingerprint density at radius 1 is 0.824 bits per heavy atom. The van der Waals surface area contributed by atoms with E-state index in [4.69, 9.17) is 13.9 Å². The Labute approximate surface area is 196 Å². The highest BCUT2D eigenvalue weighted by Gasteiger charge is 2.24. The molecule has 0 atom stereocenters. The minimum atomic E-state index is -0.700. The lowest BCUT2D eigenvalue weighted by atomic mass is 9.98. The van der Waals surface area contributed by atoms with Crippen LogP contribution >= 0.6 is 0 Å². The van der Waals surface area contributed by atoms with Crippen LogP contribution in [-0.2, 0) is 14.3 Å². The molecule has 1 aromatic heterocycles. The molecule has 1 heterocycles. The number of nitriles is 1. The van der Waals surface area contributed by atoms with Crippen LogP contribution in [0.4, 0.5) is 5.88 Å². The molecule has 1 amide bonds. The van der Waals surface area contributed by atoms with Crippen molar-refractivity contribution in [3.8, 4) is 34.3 Å². The van der Waals surface area contributed by atoms with Gasteiger partial charge >= 0.3 is 5.97 Å². The van der Waals surface area contributed by atoms with Gasteiger partial charge in [0.25, 0.3) is 5.91 Å². The number of nitrogens with zero attached hydrogens (tertiary/aromatic N) is 1. The van der Waals surface area contributed by atoms with E-state index < -0.39 is 18.5 Å². The maximum atomic E-state index is 12.5. The topological polar surface area (TPSA) is 102 Å². The molecule has 34 heavy (non-hydrogen) atoms. The SMILES string of the molecule is N#Cc1c(NC(=O)COC(=O)COc2ccccc2)oc(-c2ccccc2)c1-c1ccccc1. The summed E-state index contributed by atoms with van der Waals surface area (Å²) in [4.78, 5) is 24.4. The Morgan fingerprint density at radius 3 is 2.03 bits per heavy atom. The number of para-hydroxylation sites is 1. The predicted molar refractivity (Wildman–Crippen MR) is 126 cm³/mol. The average molecular weight is 452 g/mol. The van der Waals surface area contributed by atoms with E-state index in [0.717, 1.165) is 11.1 Å². The number of anilines is 1. The molecule has 1 N–H and O–H groups in total. The molecule has 4 aromatic rings. The first kappa shape index (κ1) is 22.4. The Balaban J connectivity index is 1.49. The number of hydrogen-bond donors (Lipinski definition) is 1. The minimum absolute atomic E-state index is 0.0122. The standard InChI is InChI=1S/C27H20N2O5/c28-16-22-25(19-10-4-1-5-11-19)26(20-12-6-2-7-13-20)34-27(22)29-23(30)17-33-24(31)18-32-21-14-8-3-9-15-21/h1-15H,17-18H2,(H,29,30). The molecule has 0 fully saturated rings. The zero-order valence-corrected chi connectivity index (χ0v) is 18.1. The third-order valence-corrected chi connectivity index (χ3v) is 4.84. The summed E-state index contributed by atoms with van der Waals surface area (Å²) in [7, 11) is 0. The summed E-state index contributed by atoms with van der Waals surface area (Å²) in [5.74, 6) is -0.389. The van der Waals surface area contributed by atoms with Crippen molar-refractivity contribution in [2.45, 2.75) is 0 Å². The second-order valence-corrected chi connectivity index (χ2v) is 7.16. The van der Waals surface area contributed by atoms with Crippen molar-refractivity contribution in [3.05, 3.63) is 96.6 Å². The molecule has 0 aliphatic carbocycles. The van der Waals surface area contributed by atoms with Crippen LogP contribution < -0.4 is 10.1 Å². The number of esters is 1. The summed E-state index contributed by atoms with van der Waals surface area (Å²) in [5.41, 5.74) is 2.27. The van der Waals surface area contributed by atoms with E-state index in [0.29, 0.717) is 17.1 Å². The third kappa shape index (κ3) is 5.31. The molecule has 0 radical (unpaired) electrons. The monoisotopic (exact) mass is 452 g/mol. The zero-order chi connectivity index (χ0) is 23.8. The van der Waals surface area contributed by atoms with Gasteiger partial charge in [0.15, 0.2) is 13.2 Å². The third-order valence-electron chi connectivity index (χ3n) is 4.84. The molecule has 7 nitrogen and oxygen atoms in total. The number of carbonyl (C=O) groups is 2. The first-order valence-corrected chi connectivity index (χ1v) is 10.5. The molecule has 0 aliphatic rings. The van der Waals surface area contributed by atoms with E-state index in [1.165, 1.54) is 0 Å². The molecule has 4 rings (SSSR count). The van der Waals surface area contributed by atoms with E-state index in [1.54, 1.807) is 24.3 Å². The molecule has 7 heteroatoms. The van der Waals surface area contributed by atoms with Crippen LogP contribution in [0.25, 0.3) is 22.5 Å². The first-order valence-electron chi connectivity index (χ1n) is 10.5. The molecular formula is C27H20N2O5. The van der Waals surface area contributed by atoms with Gasteiger partial charge in [0, 0.05) is 11.1 Å². The molecule has 3 aromatic carbocycles. The van der Waals surface area contributed by atoms with Gasteiger partial charge in [-0.05, 0) is 17.7 Å². The highest BCUT2D eigenvalue weighted by atomic mass is 16.6. The number of benzene rings is 3. The molecule has 0 unspecified atom stereocenters. The van der Waals surface area contributed by atoms with Crippen molar-refractivity contribution in [2.24, 2.45) is 0 Å². The van der Waals surface area contributed by atoms with Gasteiger partial charge in [-0.2, -0.15) is 5.26 Å². The lowest BCUT2D eigenvalue weighted by Crippen LogP contribution is -2.23. The molecule has 168 valence electrons. The Morgan fingerprint density at radius 2 is 1.41 bits per heavy atom. The maximum absolute atomic E-state index is 12.5. The lowest BCUT2D eigenvalue weighted by Gasteiger charge is -2.07. The number of amides is 1. The van der Waals surface area contributed by atoms with Crippen molar-refractivity contribution in [3.63, 3.8) is 0 Å². The van der Waals surface area contributed by atoms with Gasteiger partial charge in [0.2, 0.25) is 5.88 Å². The molecular weight excluding hydrogens is 432 g/mol. The lowest BCUT2D eigenvalue weighted by molar-refractivity contribution is -0.149. The van der Waals surface area contributed by atoms with Gasteiger partial charge in [0.05, 0.1) is 0 Å². The van der Waals surface area contributed by atoms with E-state index >= 15 is 0 Å². The Hall–Kier alpha value is -4.83. The summed E-state index contributed by atoms with van der Waals surface area (Å²) >= 11 is 0. The van der Waals surface area contributed by atoms with E-state index in [2.05, 4.69) is 11.4 Å². The number of rotatable bonds is 8. The Kier molecular flexibility index (Phi) is 7.01. The summed E-state index contributed by atoms with van der Waals surface area (Å²) in [5, 5.41) is 12.4. The molecule has 0 saturated carbocycles. The highest BCUT2D eigenvalue weighted by molar-refractivity contribution is 5.96. The van der Waals surface area contributed by atoms with Crippen LogP contribution in [0, 0.1) is 11.3 Å². The number of furan rings is 1. The van der Waals surface area contributed by atoms with E-state index in [1.807, 2.05) is 66.7 Å². The predicted octanol–water partition coefficient (Wildman–Crippen LogP) is 5.05. The van der Waals surface area contributed by atoms with Gasteiger partial charge in [-0.15, -0.1) is 0 Å². The number of hydrogen-bond acceptors (Lipinski definition) is 6. The summed E-state index contributed by atoms with van der Waals surface area (Å²) in [6, 6.07) is 29.5. The Bertz CT molecular complexity index is 1310. The molecule has 0 spiro atoms. The number of nitrogens with one attached hydrogen (secondary N) is 1. The van der Waals surface area contributed by atoms with Gasteiger partial charge in [-0.25, -0.2) is 4.79 Å². The van der Waals surface area contributed by atoms with Crippen LogP contribution in [0.1, 0.15) is 5.56 Å². The molecule has 0 saturated heterocycles. The highest BCUT2D eigenvalue weighted by Crippen LogP contribution is 2.41. The maximum Gasteiger partial charge on any atom is 0.344 e. The van der Waals surface area contributed by atoms with Crippen molar-refractivity contribution in [1.82, 2.24) is 0 Å². The van der Waals surface area contributed by atoms with Crippen molar-refractivity contribution >= 4 is 17.8 Å². The van der Waals surface area contributed by atoms with E-state index in [9.17, 15) is 14.9 Å². The minimum Gasteiger partial charge on any atom is -0.482 e. The summed E-state index contributed by atoms with van der Waals surface area (Å²) in [6.07, 6.45) is 0. The van der Waals surface area contributed by atoms with Gasteiger partial charge < -0.3 is 13.9 Å². The van der Waals surface area contributed by atoms with Gasteiger partial charge in [-0.1, -0.05) is 78.9 Å². The summed E-state index contributed by atoms with van der Waals surface area (Å²) < 4.78 is 16.2. The molecule has 0 aliphatic heterocycles.